The third kappa shape index (κ3) is 5.89. The number of rotatable bonds is 10. The molecule has 0 spiro atoms. The molecule has 2 aromatic carbocycles. The monoisotopic (exact) mass is 384 g/mol. The summed E-state index contributed by atoms with van der Waals surface area (Å²) in [5.41, 5.74) is 4.06. The van der Waals surface area contributed by atoms with Gasteiger partial charge in [0.15, 0.2) is 0 Å². The summed E-state index contributed by atoms with van der Waals surface area (Å²) < 4.78 is 5.38. The van der Waals surface area contributed by atoms with E-state index >= 15 is 0 Å². The maximum atomic E-state index is 5.97. The number of hydrogen-bond donors (Lipinski definition) is 1. The Labute approximate surface area is 165 Å². The summed E-state index contributed by atoms with van der Waals surface area (Å²) in [6, 6.07) is 18.0. The predicted molar refractivity (Wildman–Crippen MR) is 109 cm³/mol. The molecule has 0 aliphatic rings. The summed E-state index contributed by atoms with van der Waals surface area (Å²) >= 11 is 5.97. The molecule has 0 atom stereocenters. The lowest BCUT2D eigenvalue weighted by molar-refractivity contribution is 0.144. The zero-order valence-electron chi connectivity index (χ0n) is 15.6. The molecule has 1 aromatic heterocycles. The van der Waals surface area contributed by atoms with E-state index in [0.717, 1.165) is 53.7 Å². The maximum Gasteiger partial charge on any atom is 0.117 e. The molecule has 0 amide bonds. The van der Waals surface area contributed by atoms with Gasteiger partial charge >= 0.3 is 0 Å². The average Bonchev–Trinajstić information content (AvgIpc) is 3.10. The van der Waals surface area contributed by atoms with Crippen LogP contribution in [0.1, 0.15) is 24.6 Å². The fourth-order valence-corrected chi connectivity index (χ4v) is 2.92. The van der Waals surface area contributed by atoms with E-state index in [1.807, 2.05) is 49.4 Å². The van der Waals surface area contributed by atoms with Gasteiger partial charge in [-0.05, 0) is 37.6 Å². The molecule has 0 saturated heterocycles. The van der Waals surface area contributed by atoms with Gasteiger partial charge < -0.3 is 10.1 Å². The molecule has 0 saturated carbocycles. The lowest BCUT2D eigenvalue weighted by atomic mass is 10.1. The Morgan fingerprint density at radius 3 is 2.56 bits per heavy atom. The lowest BCUT2D eigenvalue weighted by Gasteiger charge is -2.04. The molecule has 0 unspecified atom stereocenters. The van der Waals surface area contributed by atoms with Gasteiger partial charge in [-0.1, -0.05) is 54.1 Å². The quantitative estimate of drug-likeness (QED) is 0.533. The third-order valence-electron chi connectivity index (χ3n) is 4.15. The minimum absolute atomic E-state index is 0.612. The Hall–Kier alpha value is -2.21. The topological polar surface area (TPSA) is 52.0 Å². The lowest BCUT2D eigenvalue weighted by Crippen LogP contribution is -2.17. The highest BCUT2D eigenvalue weighted by Crippen LogP contribution is 2.20. The second kappa shape index (κ2) is 10.2. The fraction of sp³-hybridized carbons (Fsp3) is 0.333. The number of aromatic nitrogens is 3. The van der Waals surface area contributed by atoms with E-state index in [2.05, 4.69) is 17.4 Å². The van der Waals surface area contributed by atoms with Crippen molar-refractivity contribution in [1.29, 1.82) is 0 Å². The van der Waals surface area contributed by atoms with Crippen molar-refractivity contribution in [2.24, 2.45) is 0 Å². The first kappa shape index (κ1) is 19.5. The van der Waals surface area contributed by atoms with Crippen LogP contribution in [0.3, 0.4) is 0 Å². The van der Waals surface area contributed by atoms with Crippen molar-refractivity contribution in [3.05, 3.63) is 70.9 Å². The third-order valence-corrected chi connectivity index (χ3v) is 4.40. The van der Waals surface area contributed by atoms with Gasteiger partial charge in [-0.3, -0.25) is 0 Å². The first-order chi connectivity index (χ1) is 13.3. The van der Waals surface area contributed by atoms with Crippen molar-refractivity contribution in [1.82, 2.24) is 20.3 Å². The molecular formula is C21H25ClN4O. The SMILES string of the molecule is CCOCCCNCc1nn(Cc2ccc(Cl)cc2)nc1-c1ccccc1. The number of halogens is 1. The summed E-state index contributed by atoms with van der Waals surface area (Å²) in [6.45, 7) is 5.73. The van der Waals surface area contributed by atoms with Gasteiger partial charge in [0.1, 0.15) is 11.4 Å². The molecule has 142 valence electrons. The average molecular weight is 385 g/mol. The molecule has 0 aliphatic carbocycles. The highest BCUT2D eigenvalue weighted by Gasteiger charge is 2.13. The summed E-state index contributed by atoms with van der Waals surface area (Å²) in [5, 5.41) is 13.6. The molecule has 3 rings (SSSR count). The number of nitrogens with one attached hydrogen (secondary N) is 1. The Morgan fingerprint density at radius 1 is 1.04 bits per heavy atom. The molecule has 0 aliphatic heterocycles. The van der Waals surface area contributed by atoms with Gasteiger partial charge in [0.2, 0.25) is 0 Å². The standard InChI is InChI=1S/C21H25ClN4O/c1-2-27-14-6-13-23-15-20-21(18-7-4-3-5-8-18)25-26(24-20)16-17-9-11-19(22)12-10-17/h3-5,7-12,23H,2,6,13-16H2,1H3. The number of benzene rings is 2. The van der Waals surface area contributed by atoms with Crippen LogP contribution in [0.25, 0.3) is 11.3 Å². The molecule has 3 aromatic rings. The molecule has 1 heterocycles. The molecule has 0 fully saturated rings. The van der Waals surface area contributed by atoms with Crippen LogP contribution in [0.4, 0.5) is 0 Å². The van der Waals surface area contributed by atoms with Crippen LogP contribution in [-0.2, 0) is 17.8 Å². The van der Waals surface area contributed by atoms with Crippen LogP contribution < -0.4 is 5.32 Å². The fourth-order valence-electron chi connectivity index (χ4n) is 2.80. The van der Waals surface area contributed by atoms with Gasteiger partial charge in [0.25, 0.3) is 0 Å². The highest BCUT2D eigenvalue weighted by molar-refractivity contribution is 6.30. The minimum Gasteiger partial charge on any atom is -0.382 e. The van der Waals surface area contributed by atoms with Crippen LogP contribution >= 0.6 is 11.6 Å². The summed E-state index contributed by atoms with van der Waals surface area (Å²) in [7, 11) is 0. The van der Waals surface area contributed by atoms with E-state index < -0.39 is 0 Å². The Balaban J connectivity index is 1.71. The number of ether oxygens (including phenoxy) is 1. The highest BCUT2D eigenvalue weighted by atomic mass is 35.5. The van der Waals surface area contributed by atoms with Crippen LogP contribution in [-0.4, -0.2) is 34.8 Å². The molecule has 27 heavy (non-hydrogen) atoms. The minimum atomic E-state index is 0.612. The summed E-state index contributed by atoms with van der Waals surface area (Å²) in [4.78, 5) is 1.75. The maximum absolute atomic E-state index is 5.97. The van der Waals surface area contributed by atoms with Crippen molar-refractivity contribution < 1.29 is 4.74 Å². The normalized spacial score (nSPS) is 11.0. The molecule has 1 N–H and O–H groups in total. The van der Waals surface area contributed by atoms with Crippen LogP contribution in [0.15, 0.2) is 54.6 Å². The van der Waals surface area contributed by atoms with E-state index in [4.69, 9.17) is 26.5 Å². The van der Waals surface area contributed by atoms with Crippen LogP contribution in [0, 0.1) is 0 Å². The van der Waals surface area contributed by atoms with Crippen molar-refractivity contribution in [3.8, 4) is 11.3 Å². The van der Waals surface area contributed by atoms with Crippen molar-refractivity contribution in [2.75, 3.05) is 19.8 Å². The second-order valence-corrected chi connectivity index (χ2v) is 6.68. The first-order valence-electron chi connectivity index (χ1n) is 9.28. The summed E-state index contributed by atoms with van der Waals surface area (Å²) in [6.07, 6.45) is 0.980. The molecule has 0 radical (unpaired) electrons. The van der Waals surface area contributed by atoms with Gasteiger partial charge in [0.05, 0.1) is 6.54 Å². The first-order valence-corrected chi connectivity index (χ1v) is 9.66. The van der Waals surface area contributed by atoms with Gasteiger partial charge in [-0.2, -0.15) is 15.0 Å². The summed E-state index contributed by atoms with van der Waals surface area (Å²) in [5.74, 6) is 0. The Kier molecular flexibility index (Phi) is 7.39. The van der Waals surface area contributed by atoms with Crippen molar-refractivity contribution in [2.45, 2.75) is 26.4 Å². The van der Waals surface area contributed by atoms with Gasteiger partial charge in [0, 0.05) is 30.3 Å². The van der Waals surface area contributed by atoms with Crippen molar-refractivity contribution in [3.63, 3.8) is 0 Å². The zero-order chi connectivity index (χ0) is 18.9. The molecule has 6 heteroatoms. The number of hydrogen-bond acceptors (Lipinski definition) is 4. The van der Waals surface area contributed by atoms with Gasteiger partial charge in [-0.15, -0.1) is 0 Å². The Bertz CT molecular complexity index is 818. The number of nitrogens with zero attached hydrogens (tertiary/aromatic N) is 3. The van der Waals surface area contributed by atoms with Crippen LogP contribution in [0.2, 0.25) is 5.02 Å². The van der Waals surface area contributed by atoms with Crippen LogP contribution in [0.5, 0.6) is 0 Å². The smallest absolute Gasteiger partial charge is 0.117 e. The molecular weight excluding hydrogens is 360 g/mol. The molecule has 5 nitrogen and oxygen atoms in total. The predicted octanol–water partition coefficient (Wildman–Crippen LogP) is 4.16. The zero-order valence-corrected chi connectivity index (χ0v) is 16.3. The van der Waals surface area contributed by atoms with Gasteiger partial charge in [-0.25, -0.2) is 0 Å². The van der Waals surface area contributed by atoms with E-state index in [9.17, 15) is 0 Å². The van der Waals surface area contributed by atoms with E-state index in [0.29, 0.717) is 13.1 Å². The van der Waals surface area contributed by atoms with E-state index in [-0.39, 0.29) is 0 Å². The second-order valence-electron chi connectivity index (χ2n) is 6.25. The largest absolute Gasteiger partial charge is 0.382 e. The van der Waals surface area contributed by atoms with E-state index in [1.54, 1.807) is 4.80 Å². The molecule has 0 bridgehead atoms. The van der Waals surface area contributed by atoms with Crippen molar-refractivity contribution >= 4 is 11.6 Å². The van der Waals surface area contributed by atoms with E-state index in [1.165, 1.54) is 0 Å². The Morgan fingerprint density at radius 2 is 1.81 bits per heavy atom.